The number of thioether (sulfide) groups is 2. The summed E-state index contributed by atoms with van der Waals surface area (Å²) in [6.45, 7) is 0.494. The third kappa shape index (κ3) is 7.13. The van der Waals surface area contributed by atoms with Crippen LogP contribution in [0.2, 0.25) is 0 Å². The van der Waals surface area contributed by atoms with Crippen LogP contribution in [0.3, 0.4) is 0 Å². The molecule has 1 aliphatic carbocycles. The summed E-state index contributed by atoms with van der Waals surface area (Å²) in [4.78, 5) is 0. The number of benzene rings is 1. The predicted octanol–water partition coefficient (Wildman–Crippen LogP) is 2.77. The zero-order chi connectivity index (χ0) is 20.5. The van der Waals surface area contributed by atoms with Crippen LogP contribution in [-0.4, -0.2) is 69.3 Å². The van der Waals surface area contributed by atoms with Crippen LogP contribution in [0.5, 0.6) is 0 Å². The summed E-state index contributed by atoms with van der Waals surface area (Å²) >= 11 is 3.67. The smallest absolute Gasteiger partial charge is 0.122 e. The van der Waals surface area contributed by atoms with E-state index in [-0.39, 0.29) is 18.1 Å². The number of aliphatic hydroxyl groups is 3. The first-order valence-electron chi connectivity index (χ1n) is 10.8. The summed E-state index contributed by atoms with van der Waals surface area (Å²) in [5.41, 5.74) is 1.09. The molecule has 0 spiro atoms. The first kappa shape index (κ1) is 23.4. The van der Waals surface area contributed by atoms with E-state index in [1.807, 2.05) is 17.8 Å². The number of hydrogen-bond acceptors (Lipinski definition) is 7. The molecule has 1 saturated heterocycles. The third-order valence-corrected chi connectivity index (χ3v) is 8.36. The summed E-state index contributed by atoms with van der Waals surface area (Å²) in [7, 11) is 0. The van der Waals surface area contributed by atoms with Gasteiger partial charge in [0.15, 0.2) is 0 Å². The van der Waals surface area contributed by atoms with E-state index < -0.39 is 18.3 Å². The minimum Gasteiger partial charge on any atom is -0.394 e. The van der Waals surface area contributed by atoms with Gasteiger partial charge in [0.05, 0.1) is 12.6 Å². The van der Waals surface area contributed by atoms with E-state index in [2.05, 4.69) is 29.6 Å². The highest BCUT2D eigenvalue weighted by molar-refractivity contribution is 8.00. The van der Waals surface area contributed by atoms with Crippen molar-refractivity contribution in [2.75, 3.05) is 18.9 Å². The molecule has 1 aromatic rings. The second-order valence-electron chi connectivity index (χ2n) is 7.97. The fraction of sp³-hybridized carbons (Fsp3) is 0.727. The van der Waals surface area contributed by atoms with Gasteiger partial charge in [-0.25, -0.2) is 0 Å². The van der Waals surface area contributed by atoms with Gasteiger partial charge in [-0.1, -0.05) is 49.6 Å². The Balaban J connectivity index is 1.45. The van der Waals surface area contributed by atoms with Gasteiger partial charge in [0.1, 0.15) is 23.7 Å². The highest BCUT2D eigenvalue weighted by atomic mass is 32.2. The van der Waals surface area contributed by atoms with E-state index >= 15 is 0 Å². The maximum absolute atomic E-state index is 10.7. The maximum atomic E-state index is 10.7. The Kier molecular flexibility index (Phi) is 10.1. The average Bonchev–Trinajstić information content (AvgIpc) is 2.76. The highest BCUT2D eigenvalue weighted by Gasteiger charge is 2.44. The molecule has 0 radical (unpaired) electrons. The van der Waals surface area contributed by atoms with Crippen molar-refractivity contribution >= 4 is 23.5 Å². The standard InChI is InChI=1S/C22H35NO4S2/c24-14-18-20(25)21(26)19(22(27-18)29-17-10-5-2-6-11-17)23-12-7-13-28-15-16-8-3-1-4-9-16/h1,3-4,8-9,17-26H,2,5-7,10-15H2/t18-,19-,20-,21-,22-/m1/s1. The lowest BCUT2D eigenvalue weighted by molar-refractivity contribution is -0.171. The van der Waals surface area contributed by atoms with Crippen molar-refractivity contribution in [3.63, 3.8) is 0 Å². The molecular weight excluding hydrogens is 406 g/mol. The van der Waals surface area contributed by atoms with E-state index in [0.717, 1.165) is 24.5 Å². The van der Waals surface area contributed by atoms with Crippen LogP contribution in [0.4, 0.5) is 0 Å². The molecule has 2 aliphatic rings. The zero-order valence-electron chi connectivity index (χ0n) is 17.0. The number of hydrogen-bond donors (Lipinski definition) is 4. The second kappa shape index (κ2) is 12.5. The van der Waals surface area contributed by atoms with Gasteiger partial charge in [0.2, 0.25) is 0 Å². The molecule has 5 atom stereocenters. The molecule has 4 N–H and O–H groups in total. The normalized spacial score (nSPS) is 31.1. The highest BCUT2D eigenvalue weighted by Crippen LogP contribution is 2.36. The summed E-state index contributed by atoms with van der Waals surface area (Å²) in [5.74, 6) is 2.04. The Morgan fingerprint density at radius 1 is 1.03 bits per heavy atom. The van der Waals surface area contributed by atoms with Crippen molar-refractivity contribution in [3.05, 3.63) is 35.9 Å². The van der Waals surface area contributed by atoms with Gasteiger partial charge in [-0.2, -0.15) is 11.8 Å². The zero-order valence-corrected chi connectivity index (χ0v) is 18.6. The molecule has 1 aliphatic heterocycles. The fourth-order valence-corrected chi connectivity index (χ4v) is 6.55. The minimum absolute atomic E-state index is 0.245. The molecule has 0 aromatic heterocycles. The van der Waals surface area contributed by atoms with E-state index in [0.29, 0.717) is 5.25 Å². The first-order chi connectivity index (χ1) is 14.2. The van der Waals surface area contributed by atoms with Gasteiger partial charge in [-0.15, -0.1) is 11.8 Å². The topological polar surface area (TPSA) is 82.0 Å². The van der Waals surface area contributed by atoms with Crippen LogP contribution in [-0.2, 0) is 10.5 Å². The van der Waals surface area contributed by atoms with Gasteiger partial charge < -0.3 is 25.4 Å². The predicted molar refractivity (Wildman–Crippen MR) is 121 cm³/mol. The molecule has 0 unspecified atom stereocenters. The van der Waals surface area contributed by atoms with Gasteiger partial charge in [0.25, 0.3) is 0 Å². The van der Waals surface area contributed by atoms with Crippen molar-refractivity contribution in [2.24, 2.45) is 0 Å². The molecule has 0 amide bonds. The van der Waals surface area contributed by atoms with Crippen LogP contribution < -0.4 is 5.32 Å². The van der Waals surface area contributed by atoms with Crippen molar-refractivity contribution < 1.29 is 20.1 Å². The van der Waals surface area contributed by atoms with Crippen molar-refractivity contribution in [1.82, 2.24) is 5.32 Å². The largest absolute Gasteiger partial charge is 0.394 e. The lowest BCUT2D eigenvalue weighted by atomic mass is 9.98. The monoisotopic (exact) mass is 441 g/mol. The second-order valence-corrected chi connectivity index (χ2v) is 10.5. The molecule has 0 bridgehead atoms. The van der Waals surface area contributed by atoms with E-state index in [9.17, 15) is 15.3 Å². The maximum Gasteiger partial charge on any atom is 0.122 e. The summed E-state index contributed by atoms with van der Waals surface area (Å²) in [6, 6.07) is 10.1. The third-order valence-electron chi connectivity index (χ3n) is 5.72. The average molecular weight is 442 g/mol. The SMILES string of the molecule is OC[C@H]1O[C@H](SC2CCCCC2)[C@H](NCCCSCc2ccccc2)[C@@H](O)[C@@H]1O. The Hall–Kier alpha value is -0.280. The molecule has 1 aromatic carbocycles. The lowest BCUT2D eigenvalue weighted by Crippen LogP contribution is -2.62. The van der Waals surface area contributed by atoms with Crippen LogP contribution in [0.1, 0.15) is 44.1 Å². The van der Waals surface area contributed by atoms with Crippen LogP contribution in [0.25, 0.3) is 0 Å². The summed E-state index contributed by atoms with van der Waals surface area (Å²) < 4.78 is 6.00. The summed E-state index contributed by atoms with van der Waals surface area (Å²) in [6.07, 6.45) is 4.42. The molecule has 29 heavy (non-hydrogen) atoms. The van der Waals surface area contributed by atoms with Crippen molar-refractivity contribution in [3.8, 4) is 0 Å². The van der Waals surface area contributed by atoms with Gasteiger partial charge >= 0.3 is 0 Å². The van der Waals surface area contributed by atoms with E-state index in [1.54, 1.807) is 11.8 Å². The molecule has 1 heterocycles. The van der Waals surface area contributed by atoms with Gasteiger partial charge in [0, 0.05) is 11.0 Å². The molecule has 7 heteroatoms. The number of aliphatic hydroxyl groups excluding tert-OH is 3. The fourth-order valence-electron chi connectivity index (χ4n) is 4.01. The number of rotatable bonds is 10. The number of nitrogens with one attached hydrogen (secondary N) is 1. The van der Waals surface area contributed by atoms with E-state index in [4.69, 9.17) is 4.74 Å². The van der Waals surface area contributed by atoms with Crippen molar-refractivity contribution in [2.45, 2.75) is 79.3 Å². The molecular formula is C22H35NO4S2. The van der Waals surface area contributed by atoms with Crippen LogP contribution in [0, 0.1) is 0 Å². The Morgan fingerprint density at radius 3 is 2.52 bits per heavy atom. The van der Waals surface area contributed by atoms with E-state index in [1.165, 1.54) is 37.7 Å². The minimum atomic E-state index is -1.06. The quantitative estimate of drug-likeness (QED) is 0.416. The molecule has 164 valence electrons. The Labute approximate surface area is 183 Å². The molecule has 3 rings (SSSR count). The molecule has 1 saturated carbocycles. The van der Waals surface area contributed by atoms with Crippen LogP contribution >= 0.6 is 23.5 Å². The van der Waals surface area contributed by atoms with Gasteiger partial charge in [-0.05, 0) is 37.1 Å². The summed E-state index contributed by atoms with van der Waals surface area (Å²) in [5, 5.41) is 34.5. The Bertz CT molecular complexity index is 573. The molecule has 5 nitrogen and oxygen atoms in total. The van der Waals surface area contributed by atoms with Crippen LogP contribution in [0.15, 0.2) is 30.3 Å². The van der Waals surface area contributed by atoms with Crippen molar-refractivity contribution in [1.29, 1.82) is 0 Å². The molecule has 2 fully saturated rings. The number of ether oxygens (including phenoxy) is 1. The first-order valence-corrected chi connectivity index (χ1v) is 12.9. The lowest BCUT2D eigenvalue weighted by Gasteiger charge is -2.43. The van der Waals surface area contributed by atoms with Gasteiger partial charge in [-0.3, -0.25) is 0 Å². The Morgan fingerprint density at radius 2 is 1.79 bits per heavy atom.